The molecule has 5 N–H and O–H groups in total. The van der Waals surface area contributed by atoms with Crippen LogP contribution in [0.25, 0.3) is 10.4 Å². The number of pyridine rings is 1. The van der Waals surface area contributed by atoms with E-state index in [9.17, 15) is 38.7 Å². The van der Waals surface area contributed by atoms with Crippen LogP contribution in [0.2, 0.25) is 0 Å². The van der Waals surface area contributed by atoms with Gasteiger partial charge in [-0.05, 0) is 89.0 Å². The summed E-state index contributed by atoms with van der Waals surface area (Å²) in [5.74, 6) is -2.49. The third kappa shape index (κ3) is 13.6. The first-order valence-electron chi connectivity index (χ1n) is 25.6. The molecule has 0 radical (unpaired) electrons. The number of carbonyl (C=O) groups is 7. The molecule has 0 saturated carbocycles. The number of alkyl carbamates (subject to hydrolysis) is 1. The molecule has 4 saturated heterocycles. The van der Waals surface area contributed by atoms with Gasteiger partial charge in [0.25, 0.3) is 0 Å². The monoisotopic (exact) mass is 1040 g/mol. The van der Waals surface area contributed by atoms with Gasteiger partial charge in [0.2, 0.25) is 35.4 Å². The quantitative estimate of drug-likeness (QED) is 0.121. The van der Waals surface area contributed by atoms with Gasteiger partial charge in [0.15, 0.2) is 0 Å². The van der Waals surface area contributed by atoms with Crippen LogP contribution in [-0.2, 0) is 48.5 Å². The number of hydrogen-bond donors (Lipinski definition) is 5. The number of amides is 7. The summed E-state index contributed by atoms with van der Waals surface area (Å²) >= 11 is 1.56. The number of thiazole rings is 1. The van der Waals surface area contributed by atoms with Crippen LogP contribution in [0.5, 0.6) is 0 Å². The molecule has 0 spiro atoms. The van der Waals surface area contributed by atoms with E-state index in [0.717, 1.165) is 41.0 Å². The highest BCUT2D eigenvalue weighted by Crippen LogP contribution is 2.37. The molecule has 6 heterocycles. The van der Waals surface area contributed by atoms with E-state index in [1.54, 1.807) is 92.6 Å². The summed E-state index contributed by atoms with van der Waals surface area (Å²) in [6.07, 6.45) is 4.01. The summed E-state index contributed by atoms with van der Waals surface area (Å²) in [7, 11) is 0. The molecule has 0 bridgehead atoms. The fraction of sp³-hybridized carbons (Fsp3) is 0.604. The topological polar surface area (TPSA) is 251 Å². The highest BCUT2D eigenvalue weighted by Gasteiger charge is 2.53. The average molecular weight is 1040 g/mol. The molecule has 0 unspecified atom stereocenters. The minimum absolute atomic E-state index is 0.0448. The fourth-order valence-corrected chi connectivity index (χ4v) is 11.1. The number of rotatable bonds is 17. The number of aliphatic hydroxyl groups excluding tert-OH is 1. The van der Waals surface area contributed by atoms with Crippen molar-refractivity contribution in [3.63, 3.8) is 0 Å². The third-order valence-corrected chi connectivity index (χ3v) is 15.0. The van der Waals surface area contributed by atoms with Crippen molar-refractivity contribution < 1.29 is 52.9 Å². The van der Waals surface area contributed by atoms with Crippen molar-refractivity contribution in [2.45, 2.75) is 154 Å². The Morgan fingerprint density at radius 1 is 0.865 bits per heavy atom. The number of ether oxygens (including phenoxy) is 3. The molecule has 1 aromatic carbocycles. The Balaban J connectivity index is 0.868. The smallest absolute Gasteiger partial charge is 0.408 e. The van der Waals surface area contributed by atoms with Crippen LogP contribution in [0.15, 0.2) is 54.2 Å². The summed E-state index contributed by atoms with van der Waals surface area (Å²) in [5, 5.41) is 22.2. The van der Waals surface area contributed by atoms with E-state index in [0.29, 0.717) is 25.0 Å². The van der Waals surface area contributed by atoms with Crippen LogP contribution >= 0.6 is 11.3 Å². The molecule has 2 aromatic heterocycles. The minimum atomic E-state index is -1.06. The number of hydrogen-bond acceptors (Lipinski definition) is 14. The normalized spacial score (nSPS) is 22.6. The van der Waals surface area contributed by atoms with Crippen molar-refractivity contribution in [2.24, 2.45) is 5.41 Å². The number of nitrogens with one attached hydrogen (secondary N) is 4. The number of aryl methyl sites for hydroxylation is 1. The Bertz CT molecular complexity index is 2490. The number of aliphatic hydroxyl groups is 1. The first-order valence-corrected chi connectivity index (χ1v) is 26.5. The lowest BCUT2D eigenvalue weighted by molar-refractivity contribution is -0.154. The van der Waals surface area contributed by atoms with Crippen molar-refractivity contribution in [2.75, 3.05) is 46.1 Å². The van der Waals surface area contributed by atoms with Crippen LogP contribution in [0, 0.1) is 12.3 Å². The Labute approximate surface area is 437 Å². The average Bonchev–Trinajstić information content (AvgIpc) is 4.07. The minimum Gasteiger partial charge on any atom is -0.444 e. The van der Waals surface area contributed by atoms with Crippen LogP contribution in [-0.4, -0.2) is 159 Å². The Morgan fingerprint density at radius 2 is 1.55 bits per heavy atom. The number of nitrogens with zero attached hydrogens (tertiary/aromatic N) is 5. The maximum atomic E-state index is 14.2. The Hall–Kier alpha value is -6.03. The molecule has 74 heavy (non-hydrogen) atoms. The number of benzene rings is 1. The predicted octanol–water partition coefficient (Wildman–Crippen LogP) is 3.90. The van der Waals surface area contributed by atoms with E-state index < -0.39 is 83.2 Å². The largest absolute Gasteiger partial charge is 0.444 e. The molecule has 4 fully saturated rings. The van der Waals surface area contributed by atoms with Crippen LogP contribution in [0.4, 0.5) is 4.79 Å². The lowest BCUT2D eigenvalue weighted by atomic mass is 9.84. The predicted molar refractivity (Wildman–Crippen MR) is 274 cm³/mol. The SMILES string of the molecule is Cc1ncsc1-c1ccc([C@H](C)NC(=O)[C@@H]2C[C@@H](O)CN2C(=O)[C@@H](NC(=O)COCCOCC(=O)NC2(c3ccccn3)CN(C(=O)[C@@H]3CC[C@H]4CCCC[C@H](NC(=O)OC(C)(C)C)C(=O)N43)C2)C(C)(C)C)cc1. The third-order valence-electron chi connectivity index (χ3n) is 14.0. The number of β-amino-alcohol motifs (C(OH)–C–C–N with tert-alkyl or cyclic N) is 1. The maximum absolute atomic E-state index is 14.2. The fourth-order valence-electron chi connectivity index (χ4n) is 10.2. The second kappa shape index (κ2) is 23.7. The molecule has 21 heteroatoms. The highest BCUT2D eigenvalue weighted by atomic mass is 32.1. The first kappa shape index (κ1) is 55.7. The van der Waals surface area contributed by atoms with Gasteiger partial charge < -0.3 is 55.3 Å². The van der Waals surface area contributed by atoms with E-state index >= 15 is 0 Å². The lowest BCUT2D eigenvalue weighted by Gasteiger charge is -2.51. The van der Waals surface area contributed by atoms with E-state index in [4.69, 9.17) is 14.2 Å². The zero-order chi connectivity index (χ0) is 53.5. The summed E-state index contributed by atoms with van der Waals surface area (Å²) < 4.78 is 16.6. The van der Waals surface area contributed by atoms with E-state index in [1.165, 1.54) is 4.90 Å². The van der Waals surface area contributed by atoms with Crippen molar-refractivity contribution in [1.82, 2.24) is 45.9 Å². The molecule has 4 aliphatic heterocycles. The number of likely N-dealkylation sites (tertiary alicyclic amines) is 2. The van der Waals surface area contributed by atoms with Gasteiger partial charge in [0, 0.05) is 25.2 Å². The molecule has 20 nitrogen and oxygen atoms in total. The highest BCUT2D eigenvalue weighted by molar-refractivity contribution is 7.13. The van der Waals surface area contributed by atoms with Crippen LogP contribution in [0.3, 0.4) is 0 Å². The second-order valence-electron chi connectivity index (χ2n) is 22.0. The summed E-state index contributed by atoms with van der Waals surface area (Å²) in [5.41, 5.74) is 2.65. The number of carbonyl (C=O) groups excluding carboxylic acids is 7. The molecule has 402 valence electrons. The summed E-state index contributed by atoms with van der Waals surface area (Å²) in [6, 6.07) is 9.10. The molecule has 3 aromatic rings. The van der Waals surface area contributed by atoms with Gasteiger partial charge in [0.05, 0.1) is 60.2 Å². The van der Waals surface area contributed by atoms with Gasteiger partial charge in [0.1, 0.15) is 48.5 Å². The van der Waals surface area contributed by atoms with Crippen LogP contribution in [0.1, 0.15) is 116 Å². The molecule has 4 aliphatic rings. The van der Waals surface area contributed by atoms with Gasteiger partial charge in [-0.1, -0.05) is 63.9 Å². The first-order chi connectivity index (χ1) is 35.0. The van der Waals surface area contributed by atoms with E-state index in [1.807, 2.05) is 38.1 Å². The number of aromatic nitrogens is 2. The van der Waals surface area contributed by atoms with E-state index in [2.05, 4.69) is 31.2 Å². The standard InChI is InChI=1S/C53H73N9O11S/c1-32(34-16-18-35(19-17-34)44-33(2)55-31-74-44)56-46(66)40-25-37(63)26-61(40)49(69)45(51(3,4)5)58-42(64)27-71-23-24-72-28-43(65)59-53(41-15-11-12-22-54-41)29-60(30-53)48(68)39-21-20-36-13-9-10-14-38(47(67)62(36)39)57-50(70)73-52(6,7)8/h11-12,15-19,22,31-32,36-40,45,63H,9-10,13-14,20-21,23-30H2,1-8H3,(H,56,66)(H,57,70)(H,58,64)(H,59,65)/t32-,36+,37+,38-,39-,40-,45+/m0/s1. The Kier molecular flexibility index (Phi) is 17.8. The van der Waals surface area contributed by atoms with Crippen molar-refractivity contribution in [3.8, 4) is 10.4 Å². The summed E-state index contributed by atoms with van der Waals surface area (Å²) in [6.45, 7) is 13.7. The van der Waals surface area contributed by atoms with Crippen molar-refractivity contribution in [3.05, 3.63) is 71.1 Å². The molecule has 0 aliphatic carbocycles. The van der Waals surface area contributed by atoms with Crippen molar-refractivity contribution in [1.29, 1.82) is 0 Å². The van der Waals surface area contributed by atoms with Gasteiger partial charge in [-0.2, -0.15) is 0 Å². The van der Waals surface area contributed by atoms with Gasteiger partial charge in [-0.3, -0.25) is 33.8 Å². The zero-order valence-corrected chi connectivity index (χ0v) is 44.6. The molecular weight excluding hydrogens is 971 g/mol. The Morgan fingerprint density at radius 3 is 2.19 bits per heavy atom. The number of fused-ring (bicyclic) bond motifs is 1. The summed E-state index contributed by atoms with van der Waals surface area (Å²) in [4.78, 5) is 110. The van der Waals surface area contributed by atoms with Crippen LogP contribution < -0.4 is 21.3 Å². The van der Waals surface area contributed by atoms with E-state index in [-0.39, 0.29) is 69.8 Å². The molecule has 7 amide bonds. The van der Waals surface area contributed by atoms with Crippen molar-refractivity contribution >= 4 is 52.9 Å². The lowest BCUT2D eigenvalue weighted by Crippen LogP contribution is -2.71. The molecule has 7 rings (SSSR count). The molecule has 7 atom stereocenters. The zero-order valence-electron chi connectivity index (χ0n) is 43.8. The van der Waals surface area contributed by atoms with Gasteiger partial charge >= 0.3 is 6.09 Å². The molecular formula is C53H73N9O11S. The van der Waals surface area contributed by atoms with Gasteiger partial charge in [-0.25, -0.2) is 9.78 Å². The maximum Gasteiger partial charge on any atom is 0.408 e. The van der Waals surface area contributed by atoms with Gasteiger partial charge in [-0.15, -0.1) is 11.3 Å². The second-order valence-corrected chi connectivity index (χ2v) is 22.9.